The number of amides is 4. The van der Waals surface area contributed by atoms with E-state index >= 15 is 0 Å². The number of carbonyl (C=O) groups is 3. The molecular formula is C13H14FN3O3. The van der Waals surface area contributed by atoms with Gasteiger partial charge in [0.05, 0.1) is 5.69 Å². The number of imide groups is 1. The van der Waals surface area contributed by atoms with Crippen LogP contribution in [0.1, 0.15) is 13.8 Å². The fraction of sp³-hybridized carbons (Fsp3) is 0.308. The number of nitrogens with zero attached hydrogens (tertiary/aromatic N) is 1. The molecule has 1 aliphatic rings. The SMILES string of the molecule is CC1(C)NC(=O)N(CC(=O)Nc2ccccc2F)C1=O. The van der Waals surface area contributed by atoms with Crippen molar-refractivity contribution in [3.8, 4) is 0 Å². The Hall–Kier alpha value is -2.44. The number of hydrogen-bond donors (Lipinski definition) is 2. The number of carbonyl (C=O) groups excluding carboxylic acids is 3. The largest absolute Gasteiger partial charge is 0.325 e. The van der Waals surface area contributed by atoms with Crippen LogP contribution in [0.3, 0.4) is 0 Å². The van der Waals surface area contributed by atoms with Crippen LogP contribution in [0.15, 0.2) is 24.3 Å². The average Bonchev–Trinajstić information content (AvgIpc) is 2.55. The van der Waals surface area contributed by atoms with E-state index in [0.717, 1.165) is 4.90 Å². The van der Waals surface area contributed by atoms with E-state index in [2.05, 4.69) is 10.6 Å². The number of nitrogens with one attached hydrogen (secondary N) is 2. The van der Waals surface area contributed by atoms with Gasteiger partial charge < -0.3 is 10.6 Å². The Morgan fingerprint density at radius 1 is 1.35 bits per heavy atom. The van der Waals surface area contributed by atoms with Crippen molar-refractivity contribution < 1.29 is 18.8 Å². The molecule has 106 valence electrons. The van der Waals surface area contributed by atoms with Crippen LogP contribution < -0.4 is 10.6 Å². The van der Waals surface area contributed by atoms with E-state index in [1.165, 1.54) is 18.2 Å². The molecule has 0 atom stereocenters. The maximum atomic E-state index is 13.4. The van der Waals surface area contributed by atoms with Gasteiger partial charge >= 0.3 is 6.03 Å². The van der Waals surface area contributed by atoms with Crippen LogP contribution in [0.4, 0.5) is 14.9 Å². The Kier molecular flexibility index (Phi) is 3.44. The van der Waals surface area contributed by atoms with Gasteiger partial charge in [0.1, 0.15) is 17.9 Å². The zero-order chi connectivity index (χ0) is 14.9. The summed E-state index contributed by atoms with van der Waals surface area (Å²) in [6.07, 6.45) is 0. The van der Waals surface area contributed by atoms with Crippen LogP contribution in [-0.2, 0) is 9.59 Å². The molecule has 0 radical (unpaired) electrons. The van der Waals surface area contributed by atoms with Crippen molar-refractivity contribution in [3.05, 3.63) is 30.1 Å². The Morgan fingerprint density at radius 2 is 2.00 bits per heavy atom. The summed E-state index contributed by atoms with van der Waals surface area (Å²) in [5, 5.41) is 4.77. The second kappa shape index (κ2) is 4.92. The summed E-state index contributed by atoms with van der Waals surface area (Å²) in [6.45, 7) is 2.63. The fourth-order valence-corrected chi connectivity index (χ4v) is 1.86. The number of urea groups is 1. The Balaban J connectivity index is 2.04. The maximum absolute atomic E-state index is 13.4. The van der Waals surface area contributed by atoms with Crippen LogP contribution >= 0.6 is 0 Å². The van der Waals surface area contributed by atoms with E-state index in [4.69, 9.17) is 0 Å². The van der Waals surface area contributed by atoms with Gasteiger partial charge in [-0.05, 0) is 26.0 Å². The molecule has 1 aliphatic heterocycles. The van der Waals surface area contributed by atoms with E-state index < -0.39 is 35.7 Å². The standard InChI is InChI=1S/C13H14FN3O3/c1-13(2)11(19)17(12(20)16-13)7-10(18)15-9-6-4-3-5-8(9)14/h3-6H,7H2,1-2H3,(H,15,18)(H,16,20). The highest BCUT2D eigenvalue weighted by molar-refractivity contribution is 6.09. The minimum Gasteiger partial charge on any atom is -0.324 e. The third-order valence-electron chi connectivity index (χ3n) is 2.89. The van der Waals surface area contributed by atoms with Crippen LogP contribution in [0, 0.1) is 5.82 Å². The highest BCUT2D eigenvalue weighted by Crippen LogP contribution is 2.17. The number of para-hydroxylation sites is 1. The predicted molar refractivity (Wildman–Crippen MR) is 69.4 cm³/mol. The molecule has 0 saturated carbocycles. The summed E-state index contributed by atoms with van der Waals surface area (Å²) in [5.41, 5.74) is -1.03. The third kappa shape index (κ3) is 2.61. The lowest BCUT2D eigenvalue weighted by Crippen LogP contribution is -2.41. The lowest BCUT2D eigenvalue weighted by Gasteiger charge is -2.15. The van der Waals surface area contributed by atoms with Gasteiger partial charge in [0, 0.05) is 0 Å². The highest BCUT2D eigenvalue weighted by atomic mass is 19.1. The van der Waals surface area contributed by atoms with Crippen molar-refractivity contribution in [2.75, 3.05) is 11.9 Å². The van der Waals surface area contributed by atoms with E-state index in [0.29, 0.717) is 0 Å². The highest BCUT2D eigenvalue weighted by Gasteiger charge is 2.44. The summed E-state index contributed by atoms with van der Waals surface area (Å²) in [4.78, 5) is 36.0. The van der Waals surface area contributed by atoms with Crippen molar-refractivity contribution in [2.24, 2.45) is 0 Å². The van der Waals surface area contributed by atoms with Crippen molar-refractivity contribution >= 4 is 23.5 Å². The van der Waals surface area contributed by atoms with Gasteiger partial charge in [-0.3, -0.25) is 14.5 Å². The second-order valence-corrected chi connectivity index (χ2v) is 4.97. The molecule has 2 N–H and O–H groups in total. The van der Waals surface area contributed by atoms with Gasteiger partial charge in [-0.2, -0.15) is 0 Å². The normalized spacial score (nSPS) is 17.1. The summed E-state index contributed by atoms with van der Waals surface area (Å²) in [7, 11) is 0. The van der Waals surface area contributed by atoms with Crippen LogP contribution in [0.2, 0.25) is 0 Å². The first-order chi connectivity index (χ1) is 9.31. The van der Waals surface area contributed by atoms with Crippen molar-refractivity contribution in [2.45, 2.75) is 19.4 Å². The molecule has 1 aromatic rings. The smallest absolute Gasteiger partial charge is 0.324 e. The van der Waals surface area contributed by atoms with E-state index in [9.17, 15) is 18.8 Å². The summed E-state index contributed by atoms with van der Waals surface area (Å²) < 4.78 is 13.4. The first-order valence-corrected chi connectivity index (χ1v) is 6.00. The van der Waals surface area contributed by atoms with Crippen LogP contribution in [0.25, 0.3) is 0 Å². The predicted octanol–water partition coefficient (Wildman–Crippen LogP) is 1.09. The zero-order valence-electron chi connectivity index (χ0n) is 11.1. The first kappa shape index (κ1) is 14.0. The third-order valence-corrected chi connectivity index (χ3v) is 2.89. The Labute approximate surface area is 114 Å². The zero-order valence-corrected chi connectivity index (χ0v) is 11.1. The Morgan fingerprint density at radius 3 is 2.55 bits per heavy atom. The number of benzene rings is 1. The molecule has 6 nitrogen and oxygen atoms in total. The molecule has 1 aromatic carbocycles. The molecule has 0 aliphatic carbocycles. The lowest BCUT2D eigenvalue weighted by atomic mass is 10.1. The molecule has 1 saturated heterocycles. The maximum Gasteiger partial charge on any atom is 0.325 e. The minimum absolute atomic E-state index is 0.00353. The number of anilines is 1. The Bertz CT molecular complexity index is 586. The average molecular weight is 279 g/mol. The molecule has 20 heavy (non-hydrogen) atoms. The minimum atomic E-state index is -1.03. The van der Waals surface area contributed by atoms with Gasteiger partial charge in [-0.25, -0.2) is 9.18 Å². The van der Waals surface area contributed by atoms with E-state index in [-0.39, 0.29) is 5.69 Å². The van der Waals surface area contributed by atoms with E-state index in [1.54, 1.807) is 19.9 Å². The van der Waals surface area contributed by atoms with Crippen molar-refractivity contribution in [1.82, 2.24) is 10.2 Å². The molecular weight excluding hydrogens is 265 g/mol. The molecule has 0 spiro atoms. The lowest BCUT2D eigenvalue weighted by molar-refractivity contribution is -0.132. The summed E-state index contributed by atoms with van der Waals surface area (Å²) >= 11 is 0. The number of rotatable bonds is 3. The molecule has 0 bridgehead atoms. The number of halogens is 1. The van der Waals surface area contributed by atoms with E-state index in [1.807, 2.05) is 0 Å². The molecule has 7 heteroatoms. The molecule has 2 rings (SSSR count). The second-order valence-electron chi connectivity index (χ2n) is 4.97. The fourth-order valence-electron chi connectivity index (χ4n) is 1.86. The van der Waals surface area contributed by atoms with Crippen LogP contribution in [-0.4, -0.2) is 34.8 Å². The number of hydrogen-bond acceptors (Lipinski definition) is 3. The van der Waals surface area contributed by atoms with Gasteiger partial charge in [-0.1, -0.05) is 12.1 Å². The van der Waals surface area contributed by atoms with Crippen LogP contribution in [0.5, 0.6) is 0 Å². The molecule has 0 unspecified atom stereocenters. The van der Waals surface area contributed by atoms with Gasteiger partial charge in [0.2, 0.25) is 5.91 Å². The van der Waals surface area contributed by atoms with Gasteiger partial charge in [0.15, 0.2) is 0 Å². The first-order valence-electron chi connectivity index (χ1n) is 6.00. The van der Waals surface area contributed by atoms with Gasteiger partial charge in [0.25, 0.3) is 5.91 Å². The summed E-state index contributed by atoms with van der Waals surface area (Å²) in [6, 6.07) is 5.01. The van der Waals surface area contributed by atoms with Gasteiger partial charge in [-0.15, -0.1) is 0 Å². The summed E-state index contributed by atoms with van der Waals surface area (Å²) in [5.74, 6) is -1.72. The topological polar surface area (TPSA) is 78.5 Å². The quantitative estimate of drug-likeness (QED) is 0.813. The van der Waals surface area contributed by atoms with Crippen molar-refractivity contribution in [1.29, 1.82) is 0 Å². The van der Waals surface area contributed by atoms with Crippen molar-refractivity contribution in [3.63, 3.8) is 0 Å². The molecule has 4 amide bonds. The molecule has 0 aromatic heterocycles. The molecule has 1 fully saturated rings. The monoisotopic (exact) mass is 279 g/mol. The molecule has 1 heterocycles.